The fourth-order valence-electron chi connectivity index (χ4n) is 2.98. The minimum Gasteiger partial charge on any atom is -0.381 e. The summed E-state index contributed by atoms with van der Waals surface area (Å²) in [6, 6.07) is 0.438. The highest BCUT2D eigenvalue weighted by molar-refractivity contribution is 4.81. The van der Waals surface area contributed by atoms with Crippen molar-refractivity contribution < 1.29 is 13.5 Å². The molecule has 2 fully saturated rings. The van der Waals surface area contributed by atoms with Crippen LogP contribution < -0.4 is 5.32 Å². The standard InChI is InChI=1S/C14H25F2NO/c1-11(13-3-2-8-18-10-13)17-9-12-4-6-14(15,16)7-5-12/h11-13,17H,2-10H2,1H3. The lowest BCUT2D eigenvalue weighted by Gasteiger charge is -2.32. The van der Waals surface area contributed by atoms with Crippen LogP contribution in [0.4, 0.5) is 8.78 Å². The molecule has 0 spiro atoms. The molecule has 1 saturated heterocycles. The zero-order chi connectivity index (χ0) is 13.0. The van der Waals surface area contributed by atoms with Gasteiger partial charge in [0.1, 0.15) is 0 Å². The van der Waals surface area contributed by atoms with Gasteiger partial charge in [0.2, 0.25) is 5.92 Å². The molecular formula is C14H25F2NO. The monoisotopic (exact) mass is 261 g/mol. The van der Waals surface area contributed by atoms with Crippen molar-refractivity contribution in [2.75, 3.05) is 19.8 Å². The Morgan fingerprint density at radius 3 is 2.61 bits per heavy atom. The lowest BCUT2D eigenvalue weighted by atomic mass is 9.86. The Balaban J connectivity index is 1.65. The Kier molecular flexibility index (Phi) is 4.96. The second-order valence-electron chi connectivity index (χ2n) is 5.97. The van der Waals surface area contributed by atoms with Crippen molar-refractivity contribution in [2.45, 2.75) is 57.4 Å². The summed E-state index contributed by atoms with van der Waals surface area (Å²) >= 11 is 0. The normalized spacial score (nSPS) is 31.2. The van der Waals surface area contributed by atoms with Gasteiger partial charge in [0, 0.05) is 25.5 Å². The summed E-state index contributed by atoms with van der Waals surface area (Å²) in [5.41, 5.74) is 0. The molecule has 18 heavy (non-hydrogen) atoms. The van der Waals surface area contributed by atoms with Crippen LogP contribution in [0.5, 0.6) is 0 Å². The first-order valence-electron chi connectivity index (χ1n) is 7.26. The van der Waals surface area contributed by atoms with Gasteiger partial charge >= 0.3 is 0 Å². The smallest absolute Gasteiger partial charge is 0.248 e. The number of nitrogens with one attached hydrogen (secondary N) is 1. The first-order valence-corrected chi connectivity index (χ1v) is 7.26. The molecular weight excluding hydrogens is 236 g/mol. The van der Waals surface area contributed by atoms with E-state index in [2.05, 4.69) is 12.2 Å². The Hall–Kier alpha value is -0.220. The van der Waals surface area contributed by atoms with Gasteiger partial charge in [-0.2, -0.15) is 0 Å². The molecule has 4 heteroatoms. The molecule has 1 saturated carbocycles. The summed E-state index contributed by atoms with van der Waals surface area (Å²) in [5.74, 6) is -1.39. The van der Waals surface area contributed by atoms with E-state index in [0.717, 1.165) is 26.2 Å². The van der Waals surface area contributed by atoms with E-state index in [1.807, 2.05) is 0 Å². The van der Waals surface area contributed by atoms with Crippen LogP contribution in [-0.2, 0) is 4.74 Å². The summed E-state index contributed by atoms with van der Waals surface area (Å²) in [4.78, 5) is 0. The summed E-state index contributed by atoms with van der Waals surface area (Å²) < 4.78 is 31.5. The molecule has 0 aromatic heterocycles. The minimum absolute atomic E-state index is 0.0697. The lowest BCUT2D eigenvalue weighted by Crippen LogP contribution is -2.41. The van der Waals surface area contributed by atoms with Crippen LogP contribution in [0.15, 0.2) is 0 Å². The molecule has 2 rings (SSSR count). The van der Waals surface area contributed by atoms with Crippen molar-refractivity contribution in [1.82, 2.24) is 5.32 Å². The van der Waals surface area contributed by atoms with E-state index in [-0.39, 0.29) is 12.8 Å². The fourth-order valence-corrected chi connectivity index (χ4v) is 2.98. The number of hydrogen-bond acceptors (Lipinski definition) is 2. The van der Waals surface area contributed by atoms with E-state index in [9.17, 15) is 8.78 Å². The summed E-state index contributed by atoms with van der Waals surface area (Å²) in [6.45, 7) is 4.81. The number of halogens is 2. The molecule has 2 aliphatic rings. The van der Waals surface area contributed by atoms with Gasteiger partial charge in [-0.25, -0.2) is 8.78 Å². The molecule has 2 unspecified atom stereocenters. The lowest BCUT2D eigenvalue weighted by molar-refractivity contribution is -0.0460. The van der Waals surface area contributed by atoms with E-state index in [0.29, 0.717) is 30.7 Å². The SMILES string of the molecule is CC(NCC1CCC(F)(F)CC1)C1CCCOC1. The highest BCUT2D eigenvalue weighted by atomic mass is 19.3. The van der Waals surface area contributed by atoms with Gasteiger partial charge in [0.05, 0.1) is 6.61 Å². The average molecular weight is 261 g/mol. The van der Waals surface area contributed by atoms with Crippen LogP contribution in [0.2, 0.25) is 0 Å². The number of ether oxygens (including phenoxy) is 1. The first-order chi connectivity index (χ1) is 8.57. The Labute approximate surface area is 108 Å². The molecule has 2 nitrogen and oxygen atoms in total. The molecule has 0 aromatic carbocycles. The highest BCUT2D eigenvalue weighted by Gasteiger charge is 2.34. The van der Waals surface area contributed by atoms with Gasteiger partial charge in [-0.1, -0.05) is 0 Å². The zero-order valence-electron chi connectivity index (χ0n) is 11.3. The van der Waals surface area contributed by atoms with Crippen molar-refractivity contribution in [3.63, 3.8) is 0 Å². The van der Waals surface area contributed by atoms with Gasteiger partial charge < -0.3 is 10.1 Å². The molecule has 1 heterocycles. The second kappa shape index (κ2) is 6.29. The molecule has 1 aliphatic heterocycles. The van der Waals surface area contributed by atoms with Gasteiger partial charge in [-0.3, -0.25) is 0 Å². The fraction of sp³-hybridized carbons (Fsp3) is 1.00. The van der Waals surface area contributed by atoms with E-state index < -0.39 is 5.92 Å². The topological polar surface area (TPSA) is 21.3 Å². The van der Waals surface area contributed by atoms with Crippen molar-refractivity contribution in [2.24, 2.45) is 11.8 Å². The number of hydrogen-bond donors (Lipinski definition) is 1. The van der Waals surface area contributed by atoms with Crippen LogP contribution in [0.3, 0.4) is 0 Å². The van der Waals surface area contributed by atoms with Crippen LogP contribution in [0, 0.1) is 11.8 Å². The maximum Gasteiger partial charge on any atom is 0.248 e. The molecule has 1 aliphatic carbocycles. The molecule has 0 radical (unpaired) electrons. The molecule has 0 bridgehead atoms. The highest BCUT2D eigenvalue weighted by Crippen LogP contribution is 2.35. The Morgan fingerprint density at radius 2 is 2.00 bits per heavy atom. The Bertz CT molecular complexity index is 244. The zero-order valence-corrected chi connectivity index (χ0v) is 11.3. The number of alkyl halides is 2. The van der Waals surface area contributed by atoms with Gasteiger partial charge in [-0.15, -0.1) is 0 Å². The molecule has 2 atom stereocenters. The molecule has 0 aromatic rings. The van der Waals surface area contributed by atoms with Crippen LogP contribution >= 0.6 is 0 Å². The third kappa shape index (κ3) is 4.16. The quantitative estimate of drug-likeness (QED) is 0.839. The van der Waals surface area contributed by atoms with E-state index in [4.69, 9.17) is 4.74 Å². The third-order valence-corrected chi connectivity index (χ3v) is 4.47. The summed E-state index contributed by atoms with van der Waals surface area (Å²) in [7, 11) is 0. The summed E-state index contributed by atoms with van der Waals surface area (Å²) in [6.07, 6.45) is 3.82. The van der Waals surface area contributed by atoms with Gasteiger partial charge in [0.15, 0.2) is 0 Å². The average Bonchev–Trinajstić information content (AvgIpc) is 2.38. The van der Waals surface area contributed by atoms with Crippen LogP contribution in [0.1, 0.15) is 45.4 Å². The van der Waals surface area contributed by atoms with Gasteiger partial charge in [0.25, 0.3) is 0 Å². The van der Waals surface area contributed by atoms with Crippen LogP contribution in [0.25, 0.3) is 0 Å². The Morgan fingerprint density at radius 1 is 1.28 bits per heavy atom. The summed E-state index contributed by atoms with van der Waals surface area (Å²) in [5, 5.41) is 3.52. The van der Waals surface area contributed by atoms with Crippen molar-refractivity contribution >= 4 is 0 Å². The first kappa shape index (κ1) is 14.2. The van der Waals surface area contributed by atoms with Crippen molar-refractivity contribution in [3.05, 3.63) is 0 Å². The second-order valence-corrected chi connectivity index (χ2v) is 5.97. The van der Waals surface area contributed by atoms with Crippen molar-refractivity contribution in [1.29, 1.82) is 0 Å². The van der Waals surface area contributed by atoms with Crippen LogP contribution in [-0.4, -0.2) is 31.7 Å². The largest absolute Gasteiger partial charge is 0.381 e. The molecule has 1 N–H and O–H groups in total. The van der Waals surface area contributed by atoms with Crippen molar-refractivity contribution in [3.8, 4) is 0 Å². The number of rotatable bonds is 4. The van der Waals surface area contributed by atoms with E-state index in [1.165, 1.54) is 6.42 Å². The maximum absolute atomic E-state index is 13.0. The van der Waals surface area contributed by atoms with E-state index in [1.54, 1.807) is 0 Å². The maximum atomic E-state index is 13.0. The van der Waals surface area contributed by atoms with E-state index >= 15 is 0 Å². The third-order valence-electron chi connectivity index (χ3n) is 4.47. The molecule has 106 valence electrons. The molecule has 0 amide bonds. The van der Waals surface area contributed by atoms with Gasteiger partial charge in [-0.05, 0) is 51.0 Å². The predicted octanol–water partition coefficient (Wildman–Crippen LogP) is 3.22. The minimum atomic E-state index is -2.40. The predicted molar refractivity (Wildman–Crippen MR) is 67.9 cm³/mol.